The highest BCUT2D eigenvalue weighted by Crippen LogP contribution is 2.09. The zero-order valence-electron chi connectivity index (χ0n) is 17.7. The topological polar surface area (TPSA) is 68.8 Å². The van der Waals surface area contributed by atoms with Crippen molar-refractivity contribution >= 4 is 35.8 Å². The molecule has 0 atom stereocenters. The summed E-state index contributed by atoms with van der Waals surface area (Å²) in [6.45, 7) is 10.9. The Bertz CT molecular complexity index is 636. The molecule has 158 valence electrons. The van der Waals surface area contributed by atoms with Gasteiger partial charge < -0.3 is 20.9 Å². The number of benzene rings is 1. The molecule has 0 aromatic heterocycles. The lowest BCUT2D eigenvalue weighted by molar-refractivity contribution is 0.0919. The van der Waals surface area contributed by atoms with Crippen LogP contribution < -0.4 is 16.0 Å². The molecule has 1 aromatic carbocycles. The molecule has 1 amide bonds. The van der Waals surface area contributed by atoms with Crippen LogP contribution in [0.25, 0.3) is 0 Å². The van der Waals surface area contributed by atoms with Gasteiger partial charge in [-0.3, -0.25) is 9.79 Å². The Kier molecular flexibility index (Phi) is 10.8. The fourth-order valence-electron chi connectivity index (χ4n) is 3.16. The van der Waals surface area contributed by atoms with Gasteiger partial charge in [-0.25, -0.2) is 0 Å². The van der Waals surface area contributed by atoms with E-state index in [1.165, 1.54) is 32.4 Å². The Morgan fingerprint density at radius 1 is 1.14 bits per heavy atom. The van der Waals surface area contributed by atoms with Crippen LogP contribution in [0, 0.1) is 0 Å². The average molecular weight is 501 g/mol. The van der Waals surface area contributed by atoms with E-state index in [1.54, 1.807) is 7.05 Å². The lowest BCUT2D eigenvalue weighted by Crippen LogP contribution is -2.42. The largest absolute Gasteiger partial charge is 0.355 e. The van der Waals surface area contributed by atoms with Crippen LogP contribution in [0.5, 0.6) is 0 Å². The Labute approximate surface area is 187 Å². The maximum atomic E-state index is 12.3. The van der Waals surface area contributed by atoms with Crippen LogP contribution in [0.3, 0.4) is 0 Å². The number of likely N-dealkylation sites (tertiary alicyclic amines) is 1. The van der Waals surface area contributed by atoms with E-state index in [0.717, 1.165) is 24.6 Å². The van der Waals surface area contributed by atoms with Gasteiger partial charge in [-0.15, -0.1) is 24.0 Å². The van der Waals surface area contributed by atoms with E-state index in [4.69, 9.17) is 0 Å². The van der Waals surface area contributed by atoms with Crippen LogP contribution in [0.15, 0.2) is 29.3 Å². The first kappa shape index (κ1) is 24.7. The fraction of sp³-hybridized carbons (Fsp3) is 0.619. The van der Waals surface area contributed by atoms with Crippen molar-refractivity contribution in [3.63, 3.8) is 0 Å². The van der Waals surface area contributed by atoms with E-state index in [2.05, 4.69) is 25.8 Å². The summed E-state index contributed by atoms with van der Waals surface area (Å²) in [4.78, 5) is 19.1. The van der Waals surface area contributed by atoms with E-state index in [0.29, 0.717) is 12.1 Å². The summed E-state index contributed by atoms with van der Waals surface area (Å²) in [7, 11) is 1.78. The van der Waals surface area contributed by atoms with Gasteiger partial charge >= 0.3 is 0 Å². The SMILES string of the molecule is CN=C(NCCN1CCCCC1)NCc1cccc(C(=O)NC(C)(C)C)c1.I. The highest BCUT2D eigenvalue weighted by molar-refractivity contribution is 14.0. The van der Waals surface area contributed by atoms with Crippen LogP contribution in [0.2, 0.25) is 0 Å². The molecular weight excluding hydrogens is 465 g/mol. The standard InChI is InChI=1S/C21H35N5O.HI/c1-21(2,3)25-19(27)18-10-8-9-17(15-18)16-24-20(22-4)23-11-14-26-12-6-5-7-13-26;/h8-10,15H,5-7,11-14,16H2,1-4H3,(H,25,27)(H2,22,23,24);1H. The summed E-state index contributed by atoms with van der Waals surface area (Å²) in [5.41, 5.74) is 1.49. The van der Waals surface area contributed by atoms with Gasteiger partial charge in [-0.2, -0.15) is 0 Å². The molecule has 1 heterocycles. The predicted molar refractivity (Wildman–Crippen MR) is 128 cm³/mol. The van der Waals surface area contributed by atoms with Crippen molar-refractivity contribution in [1.29, 1.82) is 0 Å². The van der Waals surface area contributed by atoms with Gasteiger partial charge in [-0.1, -0.05) is 18.6 Å². The molecular formula is C21H36IN5O. The minimum Gasteiger partial charge on any atom is -0.355 e. The molecule has 28 heavy (non-hydrogen) atoms. The first-order valence-electron chi connectivity index (χ1n) is 9.96. The van der Waals surface area contributed by atoms with Gasteiger partial charge in [0.15, 0.2) is 5.96 Å². The summed E-state index contributed by atoms with van der Waals surface area (Å²) < 4.78 is 0. The minimum atomic E-state index is -0.244. The molecule has 1 aliphatic heterocycles. The number of guanidine groups is 1. The monoisotopic (exact) mass is 501 g/mol. The zero-order chi connectivity index (χ0) is 19.7. The van der Waals surface area contributed by atoms with Gasteiger partial charge in [0, 0.05) is 37.8 Å². The van der Waals surface area contributed by atoms with Crippen LogP contribution >= 0.6 is 24.0 Å². The molecule has 2 rings (SSSR count). The number of carbonyl (C=O) groups is 1. The molecule has 1 fully saturated rings. The van der Waals surface area contributed by atoms with Crippen molar-refractivity contribution in [2.75, 3.05) is 33.2 Å². The van der Waals surface area contributed by atoms with Gasteiger partial charge in [-0.05, 0) is 64.4 Å². The average Bonchev–Trinajstić information content (AvgIpc) is 2.64. The van der Waals surface area contributed by atoms with Crippen molar-refractivity contribution in [1.82, 2.24) is 20.9 Å². The van der Waals surface area contributed by atoms with E-state index in [1.807, 2.05) is 45.0 Å². The molecule has 6 nitrogen and oxygen atoms in total. The Morgan fingerprint density at radius 2 is 1.86 bits per heavy atom. The summed E-state index contributed by atoms with van der Waals surface area (Å²) >= 11 is 0. The van der Waals surface area contributed by atoms with E-state index >= 15 is 0 Å². The molecule has 1 aromatic rings. The Morgan fingerprint density at radius 3 is 2.50 bits per heavy atom. The number of hydrogen-bond donors (Lipinski definition) is 3. The van der Waals surface area contributed by atoms with Crippen molar-refractivity contribution in [3.05, 3.63) is 35.4 Å². The molecule has 0 spiro atoms. The van der Waals surface area contributed by atoms with Gasteiger partial charge in [0.05, 0.1) is 0 Å². The van der Waals surface area contributed by atoms with Crippen molar-refractivity contribution in [2.45, 2.75) is 52.1 Å². The molecule has 0 radical (unpaired) electrons. The number of carbonyl (C=O) groups excluding carboxylic acids is 1. The summed E-state index contributed by atoms with van der Waals surface area (Å²) in [5.74, 6) is 0.741. The molecule has 0 saturated carbocycles. The number of hydrogen-bond acceptors (Lipinski definition) is 3. The number of halogens is 1. The quantitative estimate of drug-likeness (QED) is 0.319. The van der Waals surface area contributed by atoms with Crippen LogP contribution in [-0.4, -0.2) is 55.5 Å². The first-order valence-corrected chi connectivity index (χ1v) is 9.96. The number of rotatable bonds is 6. The third kappa shape index (κ3) is 9.23. The Balaban J connectivity index is 0.00000392. The second-order valence-corrected chi connectivity index (χ2v) is 8.16. The minimum absolute atomic E-state index is 0. The number of piperidine rings is 1. The molecule has 1 aliphatic rings. The number of aliphatic imine (C=N–C) groups is 1. The number of nitrogens with one attached hydrogen (secondary N) is 3. The summed E-state index contributed by atoms with van der Waals surface area (Å²) in [5, 5.41) is 9.70. The maximum Gasteiger partial charge on any atom is 0.251 e. The fourth-order valence-corrected chi connectivity index (χ4v) is 3.16. The lowest BCUT2D eigenvalue weighted by Gasteiger charge is -2.26. The second kappa shape index (κ2) is 12.3. The third-order valence-electron chi connectivity index (χ3n) is 4.53. The predicted octanol–water partition coefficient (Wildman–Crippen LogP) is 2.98. The van der Waals surface area contributed by atoms with Crippen molar-refractivity contribution in [3.8, 4) is 0 Å². The number of nitrogens with zero attached hydrogens (tertiary/aromatic N) is 2. The van der Waals surface area contributed by atoms with Gasteiger partial charge in [0.2, 0.25) is 0 Å². The van der Waals surface area contributed by atoms with E-state index in [-0.39, 0.29) is 35.4 Å². The highest BCUT2D eigenvalue weighted by atomic mass is 127. The van der Waals surface area contributed by atoms with E-state index in [9.17, 15) is 4.79 Å². The smallest absolute Gasteiger partial charge is 0.251 e. The van der Waals surface area contributed by atoms with Crippen LogP contribution in [-0.2, 0) is 6.54 Å². The first-order chi connectivity index (χ1) is 12.9. The molecule has 7 heteroatoms. The molecule has 0 bridgehead atoms. The summed E-state index contributed by atoms with van der Waals surface area (Å²) in [6.07, 6.45) is 3.98. The number of amides is 1. The molecule has 1 saturated heterocycles. The zero-order valence-corrected chi connectivity index (χ0v) is 20.0. The molecule has 0 unspecified atom stereocenters. The van der Waals surface area contributed by atoms with Crippen LogP contribution in [0.4, 0.5) is 0 Å². The highest BCUT2D eigenvalue weighted by Gasteiger charge is 2.15. The van der Waals surface area contributed by atoms with Crippen LogP contribution in [0.1, 0.15) is 56.0 Å². The van der Waals surface area contributed by atoms with Gasteiger partial charge in [0.25, 0.3) is 5.91 Å². The second-order valence-electron chi connectivity index (χ2n) is 8.16. The Hall–Kier alpha value is -1.35. The molecule has 3 N–H and O–H groups in total. The van der Waals surface area contributed by atoms with Crippen molar-refractivity contribution < 1.29 is 4.79 Å². The maximum absolute atomic E-state index is 12.3. The normalized spacial score (nSPS) is 15.5. The molecule has 0 aliphatic carbocycles. The lowest BCUT2D eigenvalue weighted by atomic mass is 10.1. The third-order valence-corrected chi connectivity index (χ3v) is 4.53. The van der Waals surface area contributed by atoms with Crippen molar-refractivity contribution in [2.24, 2.45) is 4.99 Å². The van der Waals surface area contributed by atoms with E-state index < -0.39 is 0 Å². The van der Waals surface area contributed by atoms with Gasteiger partial charge in [0.1, 0.15) is 0 Å². The summed E-state index contributed by atoms with van der Waals surface area (Å²) in [6, 6.07) is 7.70.